The topological polar surface area (TPSA) is 128 Å². The molecule has 0 bridgehead atoms. The molecule has 1 rings (SSSR count). The molecule has 0 radical (unpaired) electrons. The van der Waals surface area contributed by atoms with Crippen molar-refractivity contribution in [3.05, 3.63) is 0 Å². The van der Waals surface area contributed by atoms with Crippen LogP contribution in [-0.4, -0.2) is 46.4 Å². The van der Waals surface area contributed by atoms with Gasteiger partial charge in [-0.1, -0.05) is 0 Å². The van der Waals surface area contributed by atoms with Gasteiger partial charge in [0.15, 0.2) is 0 Å². The van der Waals surface area contributed by atoms with E-state index in [1.54, 1.807) is 0 Å². The van der Waals surface area contributed by atoms with Gasteiger partial charge in [-0.3, -0.25) is 9.59 Å². The van der Waals surface area contributed by atoms with E-state index in [1.807, 2.05) is 0 Å². The number of aliphatic hydroxyl groups is 1. The number of aliphatic carboxylic acids is 1. The minimum Gasteiger partial charge on any atom is -0.480 e. The average Bonchev–Trinajstić information content (AvgIpc) is 2.29. The van der Waals surface area contributed by atoms with Gasteiger partial charge in [0.2, 0.25) is 5.91 Å². The van der Waals surface area contributed by atoms with Gasteiger partial charge in [-0.05, 0) is 0 Å². The van der Waals surface area contributed by atoms with Crippen molar-refractivity contribution in [2.24, 2.45) is 5.10 Å². The maximum Gasteiger partial charge on any atom is 0.326 e. The molecule has 2 amide bonds. The monoisotopic (exact) mass is 243 g/mol. The first kappa shape index (κ1) is 13.1. The lowest BCUT2D eigenvalue weighted by molar-refractivity contribution is -0.141. The highest BCUT2D eigenvalue weighted by Gasteiger charge is 2.24. The number of hydrazone groups is 1. The summed E-state index contributed by atoms with van der Waals surface area (Å²) in [7, 11) is 0. The molecule has 8 nitrogen and oxygen atoms in total. The third-order valence-corrected chi connectivity index (χ3v) is 2.19. The summed E-state index contributed by atoms with van der Waals surface area (Å²) in [5, 5.41) is 23.2. The van der Waals surface area contributed by atoms with Crippen molar-refractivity contribution in [3.8, 4) is 0 Å². The Hall–Kier alpha value is -1.96. The van der Waals surface area contributed by atoms with Crippen LogP contribution in [0.1, 0.15) is 19.3 Å². The Kier molecular flexibility index (Phi) is 4.58. The molecule has 0 aromatic heterocycles. The molecular weight excluding hydrogens is 230 g/mol. The van der Waals surface area contributed by atoms with Gasteiger partial charge in [0, 0.05) is 25.9 Å². The lowest BCUT2D eigenvalue weighted by Gasteiger charge is -2.16. The van der Waals surface area contributed by atoms with Crippen LogP contribution in [0.4, 0.5) is 0 Å². The molecule has 0 aromatic rings. The van der Waals surface area contributed by atoms with Gasteiger partial charge in [0.1, 0.15) is 11.8 Å². The van der Waals surface area contributed by atoms with Gasteiger partial charge in [-0.15, -0.1) is 0 Å². The van der Waals surface area contributed by atoms with Crippen LogP contribution in [0.3, 0.4) is 0 Å². The summed E-state index contributed by atoms with van der Waals surface area (Å²) in [6.07, 6.45) is 0.230. The number of hydrogen-bond donors (Lipinski definition) is 4. The quantitative estimate of drug-likeness (QED) is 0.453. The zero-order valence-electron chi connectivity index (χ0n) is 8.97. The Labute approximate surface area is 96.7 Å². The Morgan fingerprint density at radius 1 is 1.47 bits per heavy atom. The zero-order valence-corrected chi connectivity index (χ0v) is 8.97. The molecule has 1 aliphatic heterocycles. The number of nitrogens with one attached hydrogen (secondary N) is 2. The molecule has 0 saturated heterocycles. The highest BCUT2D eigenvalue weighted by atomic mass is 16.4. The van der Waals surface area contributed by atoms with E-state index in [4.69, 9.17) is 10.2 Å². The standard InChI is InChI=1S/C9H13N3O5/c13-4-3-6(9(16)17)10-8(15)5-1-2-7(14)12-11-5/h6,13H,1-4H2,(H,10,15)(H,12,14)(H,16,17)/t6-/m0/s1. The van der Waals surface area contributed by atoms with Crippen molar-refractivity contribution in [2.75, 3.05) is 6.61 Å². The van der Waals surface area contributed by atoms with E-state index in [9.17, 15) is 14.4 Å². The summed E-state index contributed by atoms with van der Waals surface area (Å²) in [5.74, 6) is -2.16. The maximum atomic E-state index is 11.6. The summed E-state index contributed by atoms with van der Waals surface area (Å²) in [5.41, 5.74) is 2.22. The van der Waals surface area contributed by atoms with Crippen molar-refractivity contribution >= 4 is 23.5 Å². The van der Waals surface area contributed by atoms with Crippen LogP contribution in [0.25, 0.3) is 0 Å². The molecule has 0 spiro atoms. The Morgan fingerprint density at radius 2 is 2.18 bits per heavy atom. The lowest BCUT2D eigenvalue weighted by atomic mass is 10.1. The molecule has 1 heterocycles. The molecule has 8 heteroatoms. The van der Waals surface area contributed by atoms with E-state index in [2.05, 4.69) is 15.8 Å². The van der Waals surface area contributed by atoms with E-state index in [0.717, 1.165) is 0 Å². The van der Waals surface area contributed by atoms with Crippen molar-refractivity contribution < 1.29 is 24.6 Å². The maximum absolute atomic E-state index is 11.6. The van der Waals surface area contributed by atoms with Crippen molar-refractivity contribution in [3.63, 3.8) is 0 Å². The number of nitrogens with zero attached hydrogens (tertiary/aromatic N) is 1. The zero-order chi connectivity index (χ0) is 12.8. The highest BCUT2D eigenvalue weighted by Crippen LogP contribution is 2.01. The first-order chi connectivity index (χ1) is 8.04. The molecule has 0 fully saturated rings. The normalized spacial score (nSPS) is 16.8. The second kappa shape index (κ2) is 5.94. The smallest absolute Gasteiger partial charge is 0.326 e. The number of carboxylic acid groups (broad SMARTS) is 1. The van der Waals surface area contributed by atoms with Crippen LogP contribution in [0, 0.1) is 0 Å². The molecule has 17 heavy (non-hydrogen) atoms. The largest absolute Gasteiger partial charge is 0.480 e. The first-order valence-electron chi connectivity index (χ1n) is 5.04. The first-order valence-corrected chi connectivity index (χ1v) is 5.04. The summed E-state index contributed by atoms with van der Waals surface area (Å²) in [6.45, 7) is -0.347. The second-order valence-corrected chi connectivity index (χ2v) is 3.47. The fourth-order valence-corrected chi connectivity index (χ4v) is 1.27. The minimum atomic E-state index is -1.23. The van der Waals surface area contributed by atoms with E-state index in [1.165, 1.54) is 0 Å². The number of rotatable bonds is 5. The number of hydrogen-bond acceptors (Lipinski definition) is 5. The van der Waals surface area contributed by atoms with E-state index in [0.29, 0.717) is 0 Å². The summed E-state index contributed by atoms with van der Waals surface area (Å²) in [4.78, 5) is 33.1. The molecule has 0 aromatic carbocycles. The summed E-state index contributed by atoms with van der Waals surface area (Å²) in [6, 6.07) is -1.16. The van der Waals surface area contributed by atoms with Crippen LogP contribution in [0.2, 0.25) is 0 Å². The molecular formula is C9H13N3O5. The van der Waals surface area contributed by atoms with Crippen LogP contribution in [-0.2, 0) is 14.4 Å². The van der Waals surface area contributed by atoms with Gasteiger partial charge >= 0.3 is 5.97 Å². The molecule has 1 atom stereocenters. The fraction of sp³-hybridized carbons (Fsp3) is 0.556. The number of carbonyl (C=O) groups excluding carboxylic acids is 2. The van der Waals surface area contributed by atoms with Gasteiger partial charge in [-0.2, -0.15) is 5.10 Å². The summed E-state index contributed by atoms with van der Waals surface area (Å²) >= 11 is 0. The highest BCUT2D eigenvalue weighted by molar-refractivity contribution is 6.39. The number of carbonyl (C=O) groups is 3. The Bertz CT molecular complexity index is 366. The van der Waals surface area contributed by atoms with Crippen molar-refractivity contribution in [1.29, 1.82) is 0 Å². The molecule has 0 aliphatic carbocycles. The van der Waals surface area contributed by atoms with Gasteiger partial charge in [0.25, 0.3) is 5.91 Å². The SMILES string of the molecule is O=C1CCC(C(=O)N[C@@H](CCO)C(=O)O)=NN1. The van der Waals surface area contributed by atoms with Crippen molar-refractivity contribution in [2.45, 2.75) is 25.3 Å². The fourth-order valence-electron chi connectivity index (χ4n) is 1.27. The third-order valence-electron chi connectivity index (χ3n) is 2.19. The number of amides is 2. The Morgan fingerprint density at radius 3 is 2.65 bits per heavy atom. The minimum absolute atomic E-state index is 0.0776. The molecule has 0 saturated carbocycles. The van der Waals surface area contributed by atoms with E-state index >= 15 is 0 Å². The van der Waals surface area contributed by atoms with Crippen LogP contribution < -0.4 is 10.7 Å². The van der Waals surface area contributed by atoms with Gasteiger partial charge in [0.05, 0.1) is 0 Å². The van der Waals surface area contributed by atoms with Crippen LogP contribution >= 0.6 is 0 Å². The third kappa shape index (κ3) is 3.83. The number of carboxylic acids is 1. The van der Waals surface area contributed by atoms with Gasteiger partial charge < -0.3 is 15.5 Å². The second-order valence-electron chi connectivity index (χ2n) is 3.47. The van der Waals surface area contributed by atoms with E-state index < -0.39 is 17.9 Å². The Balaban J connectivity index is 2.58. The average molecular weight is 243 g/mol. The predicted molar refractivity (Wildman–Crippen MR) is 56.1 cm³/mol. The predicted octanol–water partition coefficient (Wildman–Crippen LogP) is -1.80. The van der Waals surface area contributed by atoms with Gasteiger partial charge in [-0.25, -0.2) is 10.2 Å². The molecule has 0 unspecified atom stereocenters. The molecule has 94 valence electrons. The van der Waals surface area contributed by atoms with Crippen LogP contribution in [0.5, 0.6) is 0 Å². The van der Waals surface area contributed by atoms with E-state index in [-0.39, 0.29) is 37.5 Å². The summed E-state index contributed by atoms with van der Waals surface area (Å²) < 4.78 is 0. The molecule has 1 aliphatic rings. The van der Waals surface area contributed by atoms with Crippen LogP contribution in [0.15, 0.2) is 5.10 Å². The number of aliphatic hydroxyl groups excluding tert-OH is 1. The molecule has 4 N–H and O–H groups in total. The van der Waals surface area contributed by atoms with Crippen molar-refractivity contribution in [1.82, 2.24) is 10.7 Å². The lowest BCUT2D eigenvalue weighted by Crippen LogP contribution is -2.46.